The highest BCUT2D eigenvalue weighted by molar-refractivity contribution is 7.08. The van der Waals surface area contributed by atoms with Crippen LogP contribution in [0.25, 0.3) is 0 Å². The number of ether oxygens (including phenoxy) is 1. The van der Waals surface area contributed by atoms with Gasteiger partial charge in [-0.1, -0.05) is 4.49 Å². The normalized spacial score (nSPS) is 11.6. The van der Waals surface area contributed by atoms with Crippen molar-refractivity contribution in [2.24, 2.45) is 5.10 Å². The molecule has 2 aromatic rings. The number of carbonyl (C=O) groups is 1. The average molecular weight is 330 g/mol. The standard InChI is InChI=1S/C12H9F3N4O2S/c1-21-8-4-2-7(3-5-8)6-16-18-11(20)9-10(12(13,14)15)17-19-22-9/h2-6H,1H3,(H,18,20)/b16-6+. The third-order valence-corrected chi connectivity index (χ3v) is 3.18. The van der Waals surface area contributed by atoms with Gasteiger partial charge in [0.05, 0.1) is 13.3 Å². The molecule has 0 saturated carbocycles. The lowest BCUT2D eigenvalue weighted by Crippen LogP contribution is -2.21. The molecule has 0 radical (unpaired) electrons. The molecular formula is C12H9F3N4O2S. The van der Waals surface area contributed by atoms with E-state index in [0.717, 1.165) is 0 Å². The van der Waals surface area contributed by atoms with Crippen molar-refractivity contribution in [3.05, 3.63) is 40.4 Å². The quantitative estimate of drug-likeness (QED) is 0.689. The summed E-state index contributed by atoms with van der Waals surface area (Å²) in [5.74, 6) is -0.376. The summed E-state index contributed by atoms with van der Waals surface area (Å²) in [7, 11) is 1.52. The van der Waals surface area contributed by atoms with Crippen LogP contribution in [0, 0.1) is 0 Å². The number of aromatic nitrogens is 2. The van der Waals surface area contributed by atoms with Crippen molar-refractivity contribution in [2.45, 2.75) is 6.18 Å². The van der Waals surface area contributed by atoms with E-state index in [9.17, 15) is 18.0 Å². The number of amides is 1. The fourth-order valence-electron chi connectivity index (χ4n) is 1.43. The molecule has 0 aliphatic heterocycles. The maximum Gasteiger partial charge on any atom is 0.436 e. The predicted octanol–water partition coefficient (Wildman–Crippen LogP) is 2.33. The fraction of sp³-hybridized carbons (Fsp3) is 0.167. The first-order valence-corrected chi connectivity index (χ1v) is 6.56. The van der Waals surface area contributed by atoms with Crippen LogP contribution in [0.5, 0.6) is 5.75 Å². The average Bonchev–Trinajstić information content (AvgIpc) is 2.97. The van der Waals surface area contributed by atoms with Crippen molar-refractivity contribution in [1.82, 2.24) is 15.0 Å². The molecular weight excluding hydrogens is 321 g/mol. The Morgan fingerprint density at radius 3 is 2.64 bits per heavy atom. The van der Waals surface area contributed by atoms with Crippen LogP contribution in [-0.4, -0.2) is 28.8 Å². The van der Waals surface area contributed by atoms with Gasteiger partial charge >= 0.3 is 6.18 Å². The highest BCUT2D eigenvalue weighted by Gasteiger charge is 2.39. The second kappa shape index (κ2) is 6.52. The van der Waals surface area contributed by atoms with Crippen LogP contribution in [0.4, 0.5) is 13.2 Å². The predicted molar refractivity (Wildman–Crippen MR) is 73.0 cm³/mol. The molecule has 116 valence electrons. The Balaban J connectivity index is 2.03. The van der Waals surface area contributed by atoms with E-state index < -0.39 is 22.7 Å². The van der Waals surface area contributed by atoms with Gasteiger partial charge in [-0.3, -0.25) is 4.79 Å². The van der Waals surface area contributed by atoms with Crippen molar-refractivity contribution >= 4 is 23.7 Å². The van der Waals surface area contributed by atoms with Gasteiger partial charge in [-0.05, 0) is 41.4 Å². The number of nitrogens with one attached hydrogen (secondary N) is 1. The van der Waals surface area contributed by atoms with E-state index in [0.29, 0.717) is 22.8 Å². The van der Waals surface area contributed by atoms with Gasteiger partial charge in [-0.15, -0.1) is 5.10 Å². The summed E-state index contributed by atoms with van der Waals surface area (Å²) in [6, 6.07) is 6.70. The van der Waals surface area contributed by atoms with Gasteiger partial charge in [-0.2, -0.15) is 18.3 Å². The lowest BCUT2D eigenvalue weighted by Gasteiger charge is -2.03. The van der Waals surface area contributed by atoms with Crippen LogP contribution >= 0.6 is 11.5 Å². The second-order valence-electron chi connectivity index (χ2n) is 3.92. The number of carbonyl (C=O) groups excluding carboxylic acids is 1. The number of hydrogen-bond donors (Lipinski definition) is 1. The summed E-state index contributed by atoms with van der Waals surface area (Å²) < 4.78 is 45.8. The number of nitrogens with zero attached hydrogens (tertiary/aromatic N) is 3. The number of halogens is 3. The Morgan fingerprint density at radius 1 is 1.36 bits per heavy atom. The van der Waals surface area contributed by atoms with Gasteiger partial charge in [0.25, 0.3) is 5.91 Å². The smallest absolute Gasteiger partial charge is 0.436 e. The van der Waals surface area contributed by atoms with E-state index in [-0.39, 0.29) is 0 Å². The minimum absolute atomic E-state index is 0.352. The van der Waals surface area contributed by atoms with Gasteiger partial charge in [0.2, 0.25) is 0 Å². The van der Waals surface area contributed by atoms with Crippen LogP contribution in [0.3, 0.4) is 0 Å². The Hall–Kier alpha value is -2.49. The molecule has 0 atom stereocenters. The van der Waals surface area contributed by atoms with Gasteiger partial charge in [-0.25, -0.2) is 5.43 Å². The number of benzene rings is 1. The molecule has 1 aromatic carbocycles. The van der Waals surface area contributed by atoms with E-state index in [4.69, 9.17) is 4.74 Å². The molecule has 0 bridgehead atoms. The zero-order valence-corrected chi connectivity index (χ0v) is 11.9. The fourth-order valence-corrected chi connectivity index (χ4v) is 2.01. The summed E-state index contributed by atoms with van der Waals surface area (Å²) in [5.41, 5.74) is 1.32. The minimum atomic E-state index is -4.74. The van der Waals surface area contributed by atoms with E-state index in [2.05, 4.69) is 14.7 Å². The van der Waals surface area contributed by atoms with Gasteiger partial charge in [0.15, 0.2) is 5.69 Å². The molecule has 1 heterocycles. The SMILES string of the molecule is COc1ccc(/C=N/NC(=O)c2snnc2C(F)(F)F)cc1. The van der Waals surface area contributed by atoms with Crippen LogP contribution < -0.4 is 10.2 Å². The monoisotopic (exact) mass is 330 g/mol. The molecule has 1 N–H and O–H groups in total. The molecule has 2 rings (SSSR count). The third kappa shape index (κ3) is 3.79. The van der Waals surface area contributed by atoms with Crippen molar-refractivity contribution in [3.63, 3.8) is 0 Å². The van der Waals surface area contributed by atoms with E-state index >= 15 is 0 Å². The number of rotatable bonds is 4. The zero-order valence-electron chi connectivity index (χ0n) is 11.1. The summed E-state index contributed by atoms with van der Waals surface area (Å²) in [6.45, 7) is 0. The van der Waals surface area contributed by atoms with Crippen LogP contribution in [0.2, 0.25) is 0 Å². The first-order valence-electron chi connectivity index (χ1n) is 5.79. The van der Waals surface area contributed by atoms with Gasteiger partial charge in [0, 0.05) is 0 Å². The number of methoxy groups -OCH3 is 1. The molecule has 1 amide bonds. The molecule has 1 aromatic heterocycles. The minimum Gasteiger partial charge on any atom is -0.497 e. The van der Waals surface area contributed by atoms with Crippen molar-refractivity contribution < 1.29 is 22.7 Å². The van der Waals surface area contributed by atoms with Gasteiger partial charge in [0.1, 0.15) is 10.6 Å². The Bertz CT molecular complexity index is 682. The summed E-state index contributed by atoms with van der Waals surface area (Å²) >= 11 is 0.352. The number of alkyl halides is 3. The van der Waals surface area contributed by atoms with E-state index in [1.807, 2.05) is 5.43 Å². The van der Waals surface area contributed by atoms with Crippen molar-refractivity contribution in [1.29, 1.82) is 0 Å². The molecule has 0 aliphatic rings. The topological polar surface area (TPSA) is 76.5 Å². The first kappa shape index (κ1) is 15.9. The van der Waals surface area contributed by atoms with E-state index in [1.165, 1.54) is 13.3 Å². The number of hydrogen-bond acceptors (Lipinski definition) is 6. The summed E-state index contributed by atoms with van der Waals surface area (Å²) in [6.07, 6.45) is -3.45. The Labute approximate surface area is 126 Å². The lowest BCUT2D eigenvalue weighted by atomic mass is 10.2. The second-order valence-corrected chi connectivity index (χ2v) is 4.67. The summed E-state index contributed by atoms with van der Waals surface area (Å²) in [4.78, 5) is 11.0. The largest absolute Gasteiger partial charge is 0.497 e. The third-order valence-electron chi connectivity index (χ3n) is 2.46. The van der Waals surface area contributed by atoms with Gasteiger partial charge < -0.3 is 4.74 Å². The maximum atomic E-state index is 12.6. The zero-order chi connectivity index (χ0) is 16.2. The van der Waals surface area contributed by atoms with Crippen molar-refractivity contribution in [3.8, 4) is 5.75 Å². The van der Waals surface area contributed by atoms with Crippen molar-refractivity contribution in [2.75, 3.05) is 7.11 Å². The molecule has 0 unspecified atom stereocenters. The number of hydrazone groups is 1. The highest BCUT2D eigenvalue weighted by atomic mass is 32.1. The lowest BCUT2D eigenvalue weighted by molar-refractivity contribution is -0.141. The first-order chi connectivity index (χ1) is 10.4. The highest BCUT2D eigenvalue weighted by Crippen LogP contribution is 2.31. The Morgan fingerprint density at radius 2 is 2.05 bits per heavy atom. The maximum absolute atomic E-state index is 12.6. The van der Waals surface area contributed by atoms with Crippen LogP contribution in [-0.2, 0) is 6.18 Å². The molecule has 0 aliphatic carbocycles. The molecule has 6 nitrogen and oxygen atoms in total. The van der Waals surface area contributed by atoms with Crippen LogP contribution in [0.1, 0.15) is 20.9 Å². The molecule has 22 heavy (non-hydrogen) atoms. The van der Waals surface area contributed by atoms with Crippen LogP contribution in [0.15, 0.2) is 29.4 Å². The molecule has 0 fully saturated rings. The van der Waals surface area contributed by atoms with E-state index in [1.54, 1.807) is 24.3 Å². The Kier molecular flexibility index (Phi) is 4.71. The molecule has 0 spiro atoms. The summed E-state index contributed by atoms with van der Waals surface area (Å²) in [5, 5.41) is 6.51. The molecule has 10 heteroatoms. The molecule has 0 saturated heterocycles.